The molecule has 0 aliphatic carbocycles. The number of nitrogens with two attached hydrogens (primary N) is 2. The minimum Gasteiger partial charge on any atom is -0.496 e. The van der Waals surface area contributed by atoms with E-state index in [4.69, 9.17) is 20.9 Å². The van der Waals surface area contributed by atoms with Crippen molar-refractivity contribution in [3.63, 3.8) is 0 Å². The van der Waals surface area contributed by atoms with Crippen LogP contribution < -0.4 is 20.9 Å². The predicted molar refractivity (Wildman–Crippen MR) is 72.5 cm³/mol. The summed E-state index contributed by atoms with van der Waals surface area (Å²) < 4.78 is 11.4. The molecule has 4 N–H and O–H groups in total. The molecule has 0 spiro atoms. The average Bonchev–Trinajstić information content (AvgIpc) is 2.35. The fourth-order valence-corrected chi connectivity index (χ4v) is 2.15. The van der Waals surface area contributed by atoms with Gasteiger partial charge in [-0.15, -0.1) is 0 Å². The topological polar surface area (TPSA) is 70.5 Å². The molecule has 1 aromatic rings. The fraction of sp³-hybridized carbons (Fsp3) is 0.500. The second-order valence-electron chi connectivity index (χ2n) is 3.77. The van der Waals surface area contributed by atoms with Gasteiger partial charge in [0.05, 0.1) is 18.7 Å². The standard InChI is InChI=1S/C12H19BrN2O2/c1-16-11-7-9(13)12(17-2)6-8(11)10(15)4-3-5-14/h6-7,10H,3-5,14-15H2,1-2H3/t10-/m0/s1. The van der Waals surface area contributed by atoms with Gasteiger partial charge >= 0.3 is 0 Å². The van der Waals surface area contributed by atoms with Gasteiger partial charge in [-0.1, -0.05) is 0 Å². The lowest BCUT2D eigenvalue weighted by Crippen LogP contribution is -2.14. The molecule has 0 saturated carbocycles. The van der Waals surface area contributed by atoms with E-state index in [9.17, 15) is 0 Å². The number of rotatable bonds is 6. The molecule has 96 valence electrons. The molecular formula is C12H19BrN2O2. The molecule has 0 saturated heterocycles. The van der Waals surface area contributed by atoms with Gasteiger partial charge in [0.25, 0.3) is 0 Å². The summed E-state index contributed by atoms with van der Waals surface area (Å²) in [6.07, 6.45) is 1.72. The van der Waals surface area contributed by atoms with E-state index in [2.05, 4.69) is 15.9 Å². The Morgan fingerprint density at radius 1 is 1.24 bits per heavy atom. The lowest BCUT2D eigenvalue weighted by Gasteiger charge is -2.17. The zero-order valence-corrected chi connectivity index (χ0v) is 11.8. The highest BCUT2D eigenvalue weighted by atomic mass is 79.9. The highest BCUT2D eigenvalue weighted by Gasteiger charge is 2.15. The second kappa shape index (κ2) is 6.83. The molecule has 1 atom stereocenters. The van der Waals surface area contributed by atoms with Crippen molar-refractivity contribution in [2.24, 2.45) is 11.5 Å². The minimum absolute atomic E-state index is 0.0875. The lowest BCUT2D eigenvalue weighted by molar-refractivity contribution is 0.391. The third-order valence-electron chi connectivity index (χ3n) is 2.62. The number of ether oxygens (including phenoxy) is 2. The summed E-state index contributed by atoms with van der Waals surface area (Å²) in [5.41, 5.74) is 12.6. The first-order valence-electron chi connectivity index (χ1n) is 5.51. The van der Waals surface area contributed by atoms with Crippen LogP contribution >= 0.6 is 15.9 Å². The quantitative estimate of drug-likeness (QED) is 0.845. The summed E-state index contributed by atoms with van der Waals surface area (Å²) in [5.74, 6) is 1.52. The van der Waals surface area contributed by atoms with Gasteiger partial charge in [-0.25, -0.2) is 0 Å². The molecular weight excluding hydrogens is 284 g/mol. The normalized spacial score (nSPS) is 12.3. The van der Waals surface area contributed by atoms with Crippen molar-refractivity contribution < 1.29 is 9.47 Å². The highest BCUT2D eigenvalue weighted by Crippen LogP contribution is 2.36. The Bertz CT molecular complexity index is 372. The molecule has 0 aliphatic rings. The van der Waals surface area contributed by atoms with E-state index in [1.165, 1.54) is 0 Å². The molecule has 4 nitrogen and oxygen atoms in total. The fourth-order valence-electron chi connectivity index (χ4n) is 1.67. The van der Waals surface area contributed by atoms with E-state index < -0.39 is 0 Å². The van der Waals surface area contributed by atoms with Crippen LogP contribution in [0.25, 0.3) is 0 Å². The third kappa shape index (κ3) is 3.59. The third-order valence-corrected chi connectivity index (χ3v) is 3.24. The maximum absolute atomic E-state index is 6.12. The van der Waals surface area contributed by atoms with Crippen LogP contribution in [0.4, 0.5) is 0 Å². The Morgan fingerprint density at radius 3 is 2.41 bits per heavy atom. The molecule has 0 unspecified atom stereocenters. The van der Waals surface area contributed by atoms with Gasteiger partial charge in [0.1, 0.15) is 11.5 Å². The van der Waals surface area contributed by atoms with Crippen LogP contribution in [0.2, 0.25) is 0 Å². The molecule has 1 rings (SSSR count). The molecule has 0 aliphatic heterocycles. The molecule has 0 aromatic heterocycles. The number of methoxy groups -OCH3 is 2. The number of benzene rings is 1. The van der Waals surface area contributed by atoms with Gasteiger partial charge in [0.15, 0.2) is 0 Å². The zero-order valence-electron chi connectivity index (χ0n) is 10.2. The number of halogens is 1. The summed E-state index contributed by atoms with van der Waals surface area (Å²) in [5, 5.41) is 0. The van der Waals surface area contributed by atoms with E-state index >= 15 is 0 Å². The van der Waals surface area contributed by atoms with Crippen molar-refractivity contribution in [2.45, 2.75) is 18.9 Å². The monoisotopic (exact) mass is 302 g/mol. The Labute approximate surface area is 110 Å². The summed E-state index contributed by atoms with van der Waals surface area (Å²) in [6, 6.07) is 3.69. The summed E-state index contributed by atoms with van der Waals surface area (Å²) in [4.78, 5) is 0. The Balaban J connectivity index is 3.02. The second-order valence-corrected chi connectivity index (χ2v) is 4.62. The molecule has 17 heavy (non-hydrogen) atoms. The van der Waals surface area contributed by atoms with Crippen molar-refractivity contribution in [2.75, 3.05) is 20.8 Å². The van der Waals surface area contributed by atoms with Crippen molar-refractivity contribution >= 4 is 15.9 Å². The average molecular weight is 303 g/mol. The predicted octanol–water partition coefficient (Wildman–Crippen LogP) is 2.21. The largest absolute Gasteiger partial charge is 0.496 e. The van der Waals surface area contributed by atoms with Crippen molar-refractivity contribution in [1.82, 2.24) is 0 Å². The van der Waals surface area contributed by atoms with Crippen LogP contribution in [0.15, 0.2) is 16.6 Å². The van der Waals surface area contributed by atoms with Gasteiger partial charge in [-0.05, 0) is 47.4 Å². The maximum atomic E-state index is 6.12. The van der Waals surface area contributed by atoms with Crippen LogP contribution in [-0.4, -0.2) is 20.8 Å². The van der Waals surface area contributed by atoms with Crippen LogP contribution in [0.1, 0.15) is 24.4 Å². The Kier molecular flexibility index (Phi) is 5.74. The first kappa shape index (κ1) is 14.3. The minimum atomic E-state index is -0.0875. The van der Waals surface area contributed by atoms with Crippen molar-refractivity contribution in [3.05, 3.63) is 22.2 Å². The molecule has 1 aromatic carbocycles. The maximum Gasteiger partial charge on any atom is 0.133 e. The number of hydrogen-bond acceptors (Lipinski definition) is 4. The van der Waals surface area contributed by atoms with Gasteiger partial charge in [0, 0.05) is 11.6 Å². The van der Waals surface area contributed by atoms with E-state index in [0.717, 1.165) is 34.4 Å². The summed E-state index contributed by atoms with van der Waals surface area (Å²) in [7, 11) is 3.26. The van der Waals surface area contributed by atoms with Crippen molar-refractivity contribution in [1.29, 1.82) is 0 Å². The first-order valence-corrected chi connectivity index (χ1v) is 6.30. The van der Waals surface area contributed by atoms with Crippen LogP contribution in [-0.2, 0) is 0 Å². The van der Waals surface area contributed by atoms with Crippen LogP contribution in [0.3, 0.4) is 0 Å². The van der Waals surface area contributed by atoms with Gasteiger partial charge < -0.3 is 20.9 Å². The first-order chi connectivity index (χ1) is 8.13. The molecule has 0 amide bonds. The lowest BCUT2D eigenvalue weighted by atomic mass is 10.0. The Morgan fingerprint density at radius 2 is 1.88 bits per heavy atom. The molecule has 0 radical (unpaired) electrons. The van der Waals surface area contributed by atoms with E-state index in [-0.39, 0.29) is 6.04 Å². The van der Waals surface area contributed by atoms with Gasteiger partial charge in [-0.3, -0.25) is 0 Å². The van der Waals surface area contributed by atoms with E-state index in [0.29, 0.717) is 6.54 Å². The zero-order chi connectivity index (χ0) is 12.8. The summed E-state index contributed by atoms with van der Waals surface area (Å²) in [6.45, 7) is 0.643. The van der Waals surface area contributed by atoms with Crippen LogP contribution in [0.5, 0.6) is 11.5 Å². The Hall–Kier alpha value is -0.780. The molecule has 0 heterocycles. The molecule has 0 fully saturated rings. The smallest absolute Gasteiger partial charge is 0.133 e. The van der Waals surface area contributed by atoms with E-state index in [1.54, 1.807) is 14.2 Å². The number of hydrogen-bond donors (Lipinski definition) is 2. The SMILES string of the molecule is COc1cc([C@@H](N)CCCN)c(OC)cc1Br. The van der Waals surface area contributed by atoms with Gasteiger partial charge in [-0.2, -0.15) is 0 Å². The van der Waals surface area contributed by atoms with E-state index in [1.807, 2.05) is 12.1 Å². The van der Waals surface area contributed by atoms with Crippen LogP contribution in [0, 0.1) is 0 Å². The van der Waals surface area contributed by atoms with Crippen molar-refractivity contribution in [3.8, 4) is 11.5 Å². The molecule has 0 bridgehead atoms. The molecule has 5 heteroatoms. The van der Waals surface area contributed by atoms with Gasteiger partial charge in [0.2, 0.25) is 0 Å². The summed E-state index contributed by atoms with van der Waals surface area (Å²) >= 11 is 3.42. The highest BCUT2D eigenvalue weighted by molar-refractivity contribution is 9.10.